The topological polar surface area (TPSA) is 67.9 Å². The van der Waals surface area contributed by atoms with Gasteiger partial charge in [0, 0.05) is 12.1 Å². The number of esters is 1. The first kappa shape index (κ1) is 27.2. The molecule has 2 aromatic rings. The number of carbonyl (C=O) groups is 2. The zero-order valence-electron chi connectivity index (χ0n) is 20.7. The molecule has 0 bridgehead atoms. The highest BCUT2D eigenvalue weighted by molar-refractivity contribution is 5.89. The first-order valence-corrected chi connectivity index (χ1v) is 12.0. The lowest BCUT2D eigenvalue weighted by Gasteiger charge is -2.28. The molecule has 0 fully saturated rings. The van der Waals surface area contributed by atoms with Crippen molar-refractivity contribution in [3.05, 3.63) is 59.9 Å². The zero-order chi connectivity index (χ0) is 25.0. The molecule has 0 aromatic heterocycles. The van der Waals surface area contributed by atoms with E-state index in [1.807, 2.05) is 18.2 Å². The lowest BCUT2D eigenvalue weighted by Crippen LogP contribution is -2.40. The predicted octanol–water partition coefficient (Wildman–Crippen LogP) is 6.55. The number of amides is 2. The van der Waals surface area contributed by atoms with Gasteiger partial charge in [0.1, 0.15) is 11.6 Å². The minimum absolute atomic E-state index is 0.136. The second-order valence-electron chi connectivity index (χ2n) is 8.69. The van der Waals surface area contributed by atoms with Crippen LogP contribution in [0.3, 0.4) is 0 Å². The van der Waals surface area contributed by atoms with Crippen LogP contribution in [-0.4, -0.2) is 35.7 Å². The Labute approximate surface area is 202 Å². The van der Waals surface area contributed by atoms with E-state index in [2.05, 4.69) is 12.2 Å². The highest BCUT2D eigenvalue weighted by Crippen LogP contribution is 2.26. The summed E-state index contributed by atoms with van der Waals surface area (Å²) in [6.07, 6.45) is 5.24. The van der Waals surface area contributed by atoms with Gasteiger partial charge in [-0.1, -0.05) is 62.9 Å². The highest BCUT2D eigenvalue weighted by Gasteiger charge is 2.32. The van der Waals surface area contributed by atoms with E-state index in [1.165, 1.54) is 12.1 Å². The van der Waals surface area contributed by atoms with Crippen molar-refractivity contribution >= 4 is 17.7 Å². The number of unbranched alkanes of at least 4 members (excludes halogenated alkanes) is 4. The maximum Gasteiger partial charge on any atom is 0.349 e. The summed E-state index contributed by atoms with van der Waals surface area (Å²) in [6, 6.07) is 13.0. The summed E-state index contributed by atoms with van der Waals surface area (Å²) >= 11 is 0. The largest absolute Gasteiger partial charge is 0.476 e. The van der Waals surface area contributed by atoms with Gasteiger partial charge in [-0.2, -0.15) is 0 Å². The molecule has 1 N–H and O–H groups in total. The molecule has 0 aliphatic carbocycles. The summed E-state index contributed by atoms with van der Waals surface area (Å²) < 4.78 is 25.3. The molecular formula is C27H37FN2O4. The normalized spacial score (nSPS) is 11.1. The number of urea groups is 1. The SMILES string of the molecule is CCCCCCCN(Cc1ccccc1OC(C)(C)C(=O)OCC)C(=O)Nc1ccccc1F. The van der Waals surface area contributed by atoms with E-state index in [0.717, 1.165) is 37.7 Å². The van der Waals surface area contributed by atoms with Gasteiger partial charge >= 0.3 is 12.0 Å². The molecule has 0 atom stereocenters. The summed E-state index contributed by atoms with van der Waals surface area (Å²) in [7, 11) is 0. The average molecular weight is 473 g/mol. The maximum absolute atomic E-state index is 14.1. The van der Waals surface area contributed by atoms with Crippen molar-refractivity contribution < 1.29 is 23.5 Å². The summed E-state index contributed by atoms with van der Waals surface area (Å²) in [4.78, 5) is 27.1. The Hall–Kier alpha value is -3.09. The molecule has 2 aromatic carbocycles. The third-order valence-electron chi connectivity index (χ3n) is 5.40. The average Bonchev–Trinajstić information content (AvgIpc) is 2.80. The third-order valence-corrected chi connectivity index (χ3v) is 5.40. The molecule has 34 heavy (non-hydrogen) atoms. The molecule has 7 heteroatoms. The van der Waals surface area contributed by atoms with Crippen molar-refractivity contribution in [2.24, 2.45) is 0 Å². The summed E-state index contributed by atoms with van der Waals surface area (Å²) in [5.74, 6) is -0.455. The molecule has 0 saturated carbocycles. The van der Waals surface area contributed by atoms with E-state index in [-0.39, 0.29) is 24.9 Å². The lowest BCUT2D eigenvalue weighted by atomic mass is 10.1. The highest BCUT2D eigenvalue weighted by atomic mass is 19.1. The van der Waals surface area contributed by atoms with Gasteiger partial charge in [0.05, 0.1) is 18.8 Å². The minimum Gasteiger partial charge on any atom is -0.476 e. The number of benzene rings is 2. The van der Waals surface area contributed by atoms with Crippen molar-refractivity contribution in [1.82, 2.24) is 4.90 Å². The van der Waals surface area contributed by atoms with Crippen LogP contribution < -0.4 is 10.1 Å². The predicted molar refractivity (Wildman–Crippen MR) is 132 cm³/mol. The van der Waals surface area contributed by atoms with Crippen LogP contribution in [-0.2, 0) is 16.1 Å². The third kappa shape index (κ3) is 8.36. The van der Waals surface area contributed by atoms with Crippen LogP contribution in [0.5, 0.6) is 5.75 Å². The lowest BCUT2D eigenvalue weighted by molar-refractivity contribution is -0.158. The second-order valence-corrected chi connectivity index (χ2v) is 8.69. The van der Waals surface area contributed by atoms with Crippen LogP contribution in [0.4, 0.5) is 14.9 Å². The van der Waals surface area contributed by atoms with Crippen molar-refractivity contribution in [1.29, 1.82) is 0 Å². The maximum atomic E-state index is 14.1. The van der Waals surface area contributed by atoms with Gasteiger partial charge in [-0.25, -0.2) is 14.0 Å². The van der Waals surface area contributed by atoms with Gasteiger partial charge in [0.25, 0.3) is 0 Å². The molecule has 2 amide bonds. The van der Waals surface area contributed by atoms with Crippen molar-refractivity contribution in [2.75, 3.05) is 18.5 Å². The number of rotatable bonds is 13. The Morgan fingerprint density at radius 3 is 2.35 bits per heavy atom. The monoisotopic (exact) mass is 472 g/mol. The van der Waals surface area contributed by atoms with E-state index in [9.17, 15) is 14.0 Å². The van der Waals surface area contributed by atoms with Crippen LogP contribution >= 0.6 is 0 Å². The summed E-state index contributed by atoms with van der Waals surface area (Å²) in [6.45, 7) is 8.23. The van der Waals surface area contributed by atoms with Gasteiger partial charge in [0.2, 0.25) is 0 Å². The van der Waals surface area contributed by atoms with Crippen molar-refractivity contribution in [3.63, 3.8) is 0 Å². The molecular weight excluding hydrogens is 435 g/mol. The molecule has 0 radical (unpaired) electrons. The summed E-state index contributed by atoms with van der Waals surface area (Å²) in [5, 5.41) is 2.68. The number of carbonyl (C=O) groups excluding carboxylic acids is 2. The van der Waals surface area contributed by atoms with E-state index >= 15 is 0 Å². The Balaban J connectivity index is 2.20. The molecule has 6 nitrogen and oxygen atoms in total. The number of nitrogens with one attached hydrogen (secondary N) is 1. The van der Waals surface area contributed by atoms with E-state index in [0.29, 0.717) is 12.3 Å². The zero-order valence-corrected chi connectivity index (χ0v) is 20.7. The molecule has 2 rings (SSSR count). The van der Waals surface area contributed by atoms with Crippen LogP contribution in [0.1, 0.15) is 65.4 Å². The van der Waals surface area contributed by atoms with Gasteiger partial charge in [-0.05, 0) is 45.4 Å². The number of halogens is 1. The number of ether oxygens (including phenoxy) is 2. The Morgan fingerprint density at radius 2 is 1.65 bits per heavy atom. The van der Waals surface area contributed by atoms with Crippen LogP contribution in [0.25, 0.3) is 0 Å². The number of nitrogens with zero attached hydrogens (tertiary/aromatic N) is 1. The number of para-hydroxylation sites is 2. The van der Waals surface area contributed by atoms with Crippen LogP contribution in [0.15, 0.2) is 48.5 Å². The van der Waals surface area contributed by atoms with Crippen LogP contribution in [0, 0.1) is 5.82 Å². The Morgan fingerprint density at radius 1 is 0.971 bits per heavy atom. The fourth-order valence-electron chi connectivity index (χ4n) is 3.48. The molecule has 0 aliphatic heterocycles. The molecule has 0 heterocycles. The Bertz CT molecular complexity index is 932. The fourth-order valence-corrected chi connectivity index (χ4v) is 3.48. The van der Waals surface area contributed by atoms with Gasteiger partial charge in [-0.15, -0.1) is 0 Å². The molecule has 0 aliphatic rings. The van der Waals surface area contributed by atoms with Gasteiger partial charge in [0.15, 0.2) is 5.60 Å². The summed E-state index contributed by atoms with van der Waals surface area (Å²) in [5.41, 5.74) is -0.305. The van der Waals surface area contributed by atoms with E-state index < -0.39 is 17.4 Å². The standard InChI is InChI=1S/C27H37FN2O4/c1-5-7-8-9-14-19-30(26(32)29-23-17-12-11-16-22(23)28)20-21-15-10-13-18-24(21)34-27(3,4)25(31)33-6-2/h10-13,15-18H,5-9,14,19-20H2,1-4H3,(H,29,32). The first-order valence-electron chi connectivity index (χ1n) is 12.0. The molecule has 0 saturated heterocycles. The minimum atomic E-state index is -1.19. The number of hydrogen-bond donors (Lipinski definition) is 1. The van der Waals surface area contributed by atoms with Gasteiger partial charge < -0.3 is 19.7 Å². The fraction of sp³-hybridized carbons (Fsp3) is 0.481. The Kier molecular flexibility index (Phi) is 10.8. The molecule has 0 spiro atoms. The number of anilines is 1. The molecule has 0 unspecified atom stereocenters. The van der Waals surface area contributed by atoms with Crippen LogP contribution in [0.2, 0.25) is 0 Å². The quantitative estimate of drug-likeness (QED) is 0.265. The van der Waals surface area contributed by atoms with Crippen molar-refractivity contribution in [3.8, 4) is 5.75 Å². The second kappa shape index (κ2) is 13.6. The van der Waals surface area contributed by atoms with Gasteiger partial charge in [-0.3, -0.25) is 0 Å². The van der Waals surface area contributed by atoms with E-state index in [4.69, 9.17) is 9.47 Å². The molecule has 186 valence electrons. The first-order chi connectivity index (χ1) is 16.3. The van der Waals surface area contributed by atoms with E-state index in [1.54, 1.807) is 43.9 Å². The smallest absolute Gasteiger partial charge is 0.349 e. The number of hydrogen-bond acceptors (Lipinski definition) is 4. The van der Waals surface area contributed by atoms with Crippen molar-refractivity contribution in [2.45, 2.75) is 71.9 Å².